The van der Waals surface area contributed by atoms with E-state index in [4.69, 9.17) is 10.5 Å². The molecule has 0 saturated carbocycles. The molecule has 2 rings (SSSR count). The summed E-state index contributed by atoms with van der Waals surface area (Å²) in [5.74, 6) is 0.531. The number of aromatic nitrogens is 2. The van der Waals surface area contributed by atoms with Crippen molar-refractivity contribution in [2.24, 2.45) is 5.73 Å². The third-order valence-electron chi connectivity index (χ3n) is 3.07. The molecule has 0 fully saturated rings. The number of benzene rings is 1. The van der Waals surface area contributed by atoms with Crippen LogP contribution in [0.3, 0.4) is 0 Å². The molecule has 1 atom stereocenters. The van der Waals surface area contributed by atoms with Gasteiger partial charge in [0.2, 0.25) is 5.88 Å². The molecule has 19 heavy (non-hydrogen) atoms. The molecule has 1 heterocycles. The fourth-order valence-electron chi connectivity index (χ4n) is 1.99. The van der Waals surface area contributed by atoms with Gasteiger partial charge in [0.05, 0.1) is 18.8 Å². The van der Waals surface area contributed by atoms with E-state index in [2.05, 4.69) is 41.2 Å². The van der Waals surface area contributed by atoms with E-state index >= 15 is 0 Å². The van der Waals surface area contributed by atoms with E-state index in [0.29, 0.717) is 5.88 Å². The number of nitrogens with zero attached hydrogens (tertiary/aromatic N) is 2. The Balaban J connectivity index is 2.20. The van der Waals surface area contributed by atoms with Gasteiger partial charge in [-0.15, -0.1) is 0 Å². The number of ether oxygens (including phenoxy) is 1. The van der Waals surface area contributed by atoms with Crippen molar-refractivity contribution < 1.29 is 4.74 Å². The van der Waals surface area contributed by atoms with Crippen molar-refractivity contribution in [3.05, 3.63) is 53.5 Å². The van der Waals surface area contributed by atoms with Crippen LogP contribution in [0.25, 0.3) is 0 Å². The maximum absolute atomic E-state index is 6.22. The fourth-order valence-corrected chi connectivity index (χ4v) is 1.99. The first-order chi connectivity index (χ1) is 9.24. The molecular formula is C15H19N3O. The average molecular weight is 257 g/mol. The second kappa shape index (κ2) is 6.29. The lowest BCUT2D eigenvalue weighted by Crippen LogP contribution is -2.14. The van der Waals surface area contributed by atoms with Gasteiger partial charge in [-0.1, -0.05) is 37.6 Å². The Hall–Kier alpha value is -1.94. The van der Waals surface area contributed by atoms with Gasteiger partial charge in [0.15, 0.2) is 0 Å². The monoisotopic (exact) mass is 257 g/mol. The van der Waals surface area contributed by atoms with Crippen LogP contribution in [0.1, 0.15) is 36.2 Å². The van der Waals surface area contributed by atoms with Crippen molar-refractivity contribution in [3.63, 3.8) is 0 Å². The maximum Gasteiger partial charge on any atom is 0.216 e. The van der Waals surface area contributed by atoms with E-state index in [1.165, 1.54) is 11.9 Å². The van der Waals surface area contributed by atoms with Gasteiger partial charge >= 0.3 is 0 Å². The van der Waals surface area contributed by atoms with Gasteiger partial charge in [0.1, 0.15) is 6.33 Å². The fraction of sp³-hybridized carbons (Fsp3) is 0.333. The molecule has 0 aliphatic heterocycles. The molecule has 0 aliphatic carbocycles. The highest BCUT2D eigenvalue weighted by molar-refractivity contribution is 5.31. The van der Waals surface area contributed by atoms with E-state index < -0.39 is 0 Å². The highest BCUT2D eigenvalue weighted by atomic mass is 16.5. The summed E-state index contributed by atoms with van der Waals surface area (Å²) < 4.78 is 5.09. The zero-order chi connectivity index (χ0) is 13.7. The highest BCUT2D eigenvalue weighted by Crippen LogP contribution is 2.20. The Labute approximate surface area is 113 Å². The predicted octanol–water partition coefficient (Wildman–Crippen LogP) is 2.49. The van der Waals surface area contributed by atoms with E-state index in [0.717, 1.165) is 24.1 Å². The van der Waals surface area contributed by atoms with Crippen LogP contribution < -0.4 is 10.5 Å². The second-order valence-corrected chi connectivity index (χ2v) is 4.45. The van der Waals surface area contributed by atoms with Crippen molar-refractivity contribution in [2.45, 2.75) is 25.8 Å². The lowest BCUT2D eigenvalue weighted by Gasteiger charge is -2.12. The topological polar surface area (TPSA) is 61.0 Å². The molecule has 0 aliphatic rings. The van der Waals surface area contributed by atoms with Crippen LogP contribution >= 0.6 is 0 Å². The number of nitrogens with two attached hydrogens (primary N) is 1. The zero-order valence-corrected chi connectivity index (χ0v) is 11.3. The van der Waals surface area contributed by atoms with Gasteiger partial charge in [-0.3, -0.25) is 0 Å². The Morgan fingerprint density at radius 3 is 2.58 bits per heavy atom. The Morgan fingerprint density at radius 2 is 1.95 bits per heavy atom. The lowest BCUT2D eigenvalue weighted by molar-refractivity contribution is 0.395. The van der Waals surface area contributed by atoms with Gasteiger partial charge in [0, 0.05) is 6.07 Å². The van der Waals surface area contributed by atoms with Crippen LogP contribution in [0.4, 0.5) is 0 Å². The highest BCUT2D eigenvalue weighted by Gasteiger charge is 2.11. The summed E-state index contributed by atoms with van der Waals surface area (Å²) in [6.07, 6.45) is 3.71. The van der Waals surface area contributed by atoms with E-state index in [-0.39, 0.29) is 6.04 Å². The summed E-state index contributed by atoms with van der Waals surface area (Å²) in [5, 5.41) is 0. The number of hydrogen-bond acceptors (Lipinski definition) is 4. The normalized spacial score (nSPS) is 12.2. The van der Waals surface area contributed by atoms with Crippen molar-refractivity contribution in [3.8, 4) is 5.88 Å². The van der Waals surface area contributed by atoms with Gasteiger partial charge in [-0.2, -0.15) is 0 Å². The molecule has 1 unspecified atom stereocenters. The standard InChI is InChI=1S/C15H19N3O/c1-3-4-11-5-7-12(8-6-11)15(16)13-9-14(19-2)18-10-17-13/h5-10,15H,3-4,16H2,1-2H3. The van der Waals surface area contributed by atoms with Crippen LogP contribution in [0.2, 0.25) is 0 Å². The van der Waals surface area contributed by atoms with Crippen molar-refractivity contribution >= 4 is 0 Å². The minimum atomic E-state index is -0.257. The number of hydrogen-bond donors (Lipinski definition) is 1. The van der Waals surface area contributed by atoms with Crippen LogP contribution in [-0.2, 0) is 6.42 Å². The lowest BCUT2D eigenvalue weighted by atomic mass is 10.0. The van der Waals surface area contributed by atoms with E-state index in [1.54, 1.807) is 13.2 Å². The molecule has 4 nitrogen and oxygen atoms in total. The third-order valence-corrected chi connectivity index (χ3v) is 3.07. The molecule has 1 aromatic carbocycles. The number of rotatable bonds is 5. The predicted molar refractivity (Wildman–Crippen MR) is 75.1 cm³/mol. The summed E-state index contributed by atoms with van der Waals surface area (Å²) >= 11 is 0. The summed E-state index contributed by atoms with van der Waals surface area (Å²) in [6, 6.07) is 9.88. The molecule has 0 amide bonds. The number of aryl methyl sites for hydroxylation is 1. The quantitative estimate of drug-likeness (QED) is 0.894. The minimum absolute atomic E-state index is 0.257. The zero-order valence-electron chi connectivity index (χ0n) is 11.3. The molecule has 2 N–H and O–H groups in total. The molecule has 1 aromatic heterocycles. The minimum Gasteiger partial charge on any atom is -0.481 e. The number of methoxy groups -OCH3 is 1. The summed E-state index contributed by atoms with van der Waals surface area (Å²) in [7, 11) is 1.58. The van der Waals surface area contributed by atoms with E-state index in [1.807, 2.05) is 0 Å². The molecular weight excluding hydrogens is 238 g/mol. The first-order valence-corrected chi connectivity index (χ1v) is 6.45. The molecule has 0 radical (unpaired) electrons. The van der Waals surface area contributed by atoms with Crippen LogP contribution in [0, 0.1) is 0 Å². The first-order valence-electron chi connectivity index (χ1n) is 6.45. The van der Waals surface area contributed by atoms with E-state index in [9.17, 15) is 0 Å². The smallest absolute Gasteiger partial charge is 0.216 e. The summed E-state index contributed by atoms with van der Waals surface area (Å²) in [6.45, 7) is 2.17. The van der Waals surface area contributed by atoms with Crippen molar-refractivity contribution in [2.75, 3.05) is 7.11 Å². The van der Waals surface area contributed by atoms with Gasteiger partial charge in [-0.05, 0) is 17.5 Å². The molecule has 100 valence electrons. The Morgan fingerprint density at radius 1 is 1.21 bits per heavy atom. The van der Waals surface area contributed by atoms with Crippen LogP contribution in [0.5, 0.6) is 5.88 Å². The van der Waals surface area contributed by atoms with Crippen LogP contribution in [0.15, 0.2) is 36.7 Å². The van der Waals surface area contributed by atoms with Gasteiger partial charge in [0.25, 0.3) is 0 Å². The summed E-state index contributed by atoms with van der Waals surface area (Å²) in [5.41, 5.74) is 9.35. The largest absolute Gasteiger partial charge is 0.481 e. The average Bonchev–Trinajstić information content (AvgIpc) is 2.48. The maximum atomic E-state index is 6.22. The van der Waals surface area contributed by atoms with Gasteiger partial charge in [-0.25, -0.2) is 9.97 Å². The second-order valence-electron chi connectivity index (χ2n) is 4.45. The molecule has 4 heteroatoms. The third kappa shape index (κ3) is 3.29. The molecule has 2 aromatic rings. The Kier molecular flexibility index (Phi) is 4.47. The molecule has 0 spiro atoms. The Bertz CT molecular complexity index is 525. The van der Waals surface area contributed by atoms with Crippen molar-refractivity contribution in [1.29, 1.82) is 0 Å². The summed E-state index contributed by atoms with van der Waals surface area (Å²) in [4.78, 5) is 8.19. The molecule has 0 saturated heterocycles. The SMILES string of the molecule is CCCc1ccc(C(N)c2cc(OC)ncn2)cc1. The first kappa shape index (κ1) is 13.5. The van der Waals surface area contributed by atoms with Crippen LogP contribution in [-0.4, -0.2) is 17.1 Å². The molecule has 0 bridgehead atoms. The van der Waals surface area contributed by atoms with Gasteiger partial charge < -0.3 is 10.5 Å². The van der Waals surface area contributed by atoms with Crippen molar-refractivity contribution in [1.82, 2.24) is 9.97 Å².